The number of aryl methyl sites for hydroxylation is 1. The molecular weight excluding hydrogens is 216 g/mol. The third kappa shape index (κ3) is 1.74. The van der Waals surface area contributed by atoms with Gasteiger partial charge in [-0.25, -0.2) is 0 Å². The fourth-order valence-electron chi connectivity index (χ4n) is 2.02. The summed E-state index contributed by atoms with van der Waals surface area (Å²) in [5.41, 5.74) is 1.26. The van der Waals surface area contributed by atoms with Gasteiger partial charge in [-0.1, -0.05) is 6.08 Å². The minimum atomic E-state index is -0.0137. The van der Waals surface area contributed by atoms with Crippen LogP contribution in [0.5, 0.6) is 0 Å². The Morgan fingerprint density at radius 1 is 1.59 bits per heavy atom. The second-order valence-electron chi connectivity index (χ2n) is 4.28. The minimum Gasteiger partial charge on any atom is -0.444 e. The first kappa shape index (κ1) is 11.5. The molecule has 0 aromatic carbocycles. The van der Waals surface area contributed by atoms with Crippen molar-refractivity contribution in [3.05, 3.63) is 29.5 Å². The molecule has 2 rings (SSSR count). The van der Waals surface area contributed by atoms with Gasteiger partial charge < -0.3 is 4.42 Å². The molecule has 0 radical (unpaired) electrons. The first-order valence-corrected chi connectivity index (χ1v) is 5.51. The molecule has 88 valence electrons. The molecule has 17 heavy (non-hydrogen) atoms. The largest absolute Gasteiger partial charge is 0.444 e. The standard InChI is InChI=1S/C13H14N2O2/c1-4-10-5-12(16)15(7-10)13-11(6-14)8(2)9(3)17-13/h4,10H,1,5,7H2,2-3H3. The lowest BCUT2D eigenvalue weighted by atomic mass is 10.1. The molecular formula is C13H14N2O2. The summed E-state index contributed by atoms with van der Waals surface area (Å²) in [6.45, 7) is 7.86. The quantitative estimate of drug-likeness (QED) is 0.732. The second kappa shape index (κ2) is 4.10. The molecule has 1 aliphatic heterocycles. The van der Waals surface area contributed by atoms with E-state index in [2.05, 4.69) is 12.6 Å². The molecule has 1 atom stereocenters. The van der Waals surface area contributed by atoms with Crippen LogP contribution in [0.1, 0.15) is 23.3 Å². The van der Waals surface area contributed by atoms with Crippen LogP contribution in [-0.4, -0.2) is 12.5 Å². The summed E-state index contributed by atoms with van der Waals surface area (Å²) < 4.78 is 5.53. The Kier molecular flexibility index (Phi) is 2.76. The van der Waals surface area contributed by atoms with Crippen molar-refractivity contribution in [2.24, 2.45) is 5.92 Å². The monoisotopic (exact) mass is 230 g/mol. The Hall–Kier alpha value is -2.02. The van der Waals surface area contributed by atoms with Crippen molar-refractivity contribution in [1.82, 2.24) is 0 Å². The third-order valence-corrected chi connectivity index (χ3v) is 3.21. The Balaban J connectivity index is 2.42. The van der Waals surface area contributed by atoms with Crippen LogP contribution >= 0.6 is 0 Å². The van der Waals surface area contributed by atoms with Gasteiger partial charge in [0.05, 0.1) is 0 Å². The van der Waals surface area contributed by atoms with E-state index < -0.39 is 0 Å². The number of rotatable bonds is 2. The highest BCUT2D eigenvalue weighted by atomic mass is 16.4. The van der Waals surface area contributed by atoms with Crippen molar-refractivity contribution in [3.63, 3.8) is 0 Å². The third-order valence-electron chi connectivity index (χ3n) is 3.21. The van der Waals surface area contributed by atoms with E-state index in [1.165, 1.54) is 0 Å². The topological polar surface area (TPSA) is 57.2 Å². The van der Waals surface area contributed by atoms with Crippen molar-refractivity contribution >= 4 is 11.8 Å². The van der Waals surface area contributed by atoms with E-state index in [1.54, 1.807) is 17.9 Å². The SMILES string of the molecule is C=CC1CC(=O)N(c2oc(C)c(C)c2C#N)C1. The van der Waals surface area contributed by atoms with Crippen LogP contribution in [0.4, 0.5) is 5.88 Å². The molecule has 4 nitrogen and oxygen atoms in total. The van der Waals surface area contributed by atoms with Crippen LogP contribution in [-0.2, 0) is 4.79 Å². The summed E-state index contributed by atoms with van der Waals surface area (Å²) in [6.07, 6.45) is 2.21. The molecule has 1 unspecified atom stereocenters. The number of carbonyl (C=O) groups is 1. The molecule has 1 aliphatic rings. The Labute approximate surface area is 100 Å². The van der Waals surface area contributed by atoms with Crippen molar-refractivity contribution in [3.8, 4) is 6.07 Å². The normalized spacial score (nSPS) is 19.5. The first-order chi connectivity index (χ1) is 8.08. The van der Waals surface area contributed by atoms with E-state index in [4.69, 9.17) is 9.68 Å². The van der Waals surface area contributed by atoms with Gasteiger partial charge in [-0.2, -0.15) is 5.26 Å². The predicted molar refractivity (Wildman–Crippen MR) is 63.6 cm³/mol. The highest BCUT2D eigenvalue weighted by Crippen LogP contribution is 2.33. The number of carbonyl (C=O) groups excluding carboxylic acids is 1. The van der Waals surface area contributed by atoms with Gasteiger partial charge in [0.2, 0.25) is 11.8 Å². The van der Waals surface area contributed by atoms with Gasteiger partial charge in [-0.3, -0.25) is 9.69 Å². The molecule has 0 aliphatic carbocycles. The fraction of sp³-hybridized carbons (Fsp3) is 0.385. The highest BCUT2D eigenvalue weighted by molar-refractivity contribution is 5.96. The molecule has 0 saturated carbocycles. The Morgan fingerprint density at radius 2 is 2.29 bits per heavy atom. The number of furan rings is 1. The number of hydrogen-bond acceptors (Lipinski definition) is 3. The second-order valence-corrected chi connectivity index (χ2v) is 4.28. The van der Waals surface area contributed by atoms with E-state index in [-0.39, 0.29) is 11.8 Å². The molecule has 0 spiro atoms. The summed E-state index contributed by atoms with van der Waals surface area (Å²) in [4.78, 5) is 13.4. The maximum atomic E-state index is 11.8. The molecule has 1 saturated heterocycles. The van der Waals surface area contributed by atoms with Crippen LogP contribution in [0, 0.1) is 31.1 Å². The van der Waals surface area contributed by atoms with Crippen molar-refractivity contribution in [2.45, 2.75) is 20.3 Å². The van der Waals surface area contributed by atoms with Gasteiger partial charge in [0.1, 0.15) is 17.4 Å². The number of nitriles is 1. The Morgan fingerprint density at radius 3 is 2.82 bits per heavy atom. The van der Waals surface area contributed by atoms with E-state index >= 15 is 0 Å². The van der Waals surface area contributed by atoms with E-state index in [0.29, 0.717) is 30.2 Å². The lowest BCUT2D eigenvalue weighted by molar-refractivity contribution is -0.117. The van der Waals surface area contributed by atoms with Gasteiger partial charge >= 0.3 is 0 Å². The number of amides is 1. The van der Waals surface area contributed by atoms with Crippen LogP contribution in [0.15, 0.2) is 17.1 Å². The van der Waals surface area contributed by atoms with Crippen molar-refractivity contribution < 1.29 is 9.21 Å². The fourth-order valence-corrected chi connectivity index (χ4v) is 2.02. The predicted octanol–water partition coefficient (Wildman–Crippen LogP) is 2.31. The summed E-state index contributed by atoms with van der Waals surface area (Å²) in [5, 5.41) is 9.11. The summed E-state index contributed by atoms with van der Waals surface area (Å²) in [5.74, 6) is 1.20. The molecule has 1 amide bonds. The average molecular weight is 230 g/mol. The summed E-state index contributed by atoms with van der Waals surface area (Å²) in [7, 11) is 0. The first-order valence-electron chi connectivity index (χ1n) is 5.51. The molecule has 2 heterocycles. The maximum Gasteiger partial charge on any atom is 0.230 e. The molecule has 1 fully saturated rings. The summed E-state index contributed by atoms with van der Waals surface area (Å²) in [6, 6.07) is 2.10. The zero-order valence-electron chi connectivity index (χ0n) is 9.99. The summed E-state index contributed by atoms with van der Waals surface area (Å²) >= 11 is 0. The maximum absolute atomic E-state index is 11.8. The number of hydrogen-bond donors (Lipinski definition) is 0. The number of nitrogens with zero attached hydrogens (tertiary/aromatic N) is 2. The molecule has 0 bridgehead atoms. The number of anilines is 1. The van der Waals surface area contributed by atoms with E-state index in [1.807, 2.05) is 6.92 Å². The van der Waals surface area contributed by atoms with Crippen LogP contribution < -0.4 is 4.90 Å². The molecule has 1 aromatic heterocycles. The smallest absolute Gasteiger partial charge is 0.230 e. The lowest BCUT2D eigenvalue weighted by Crippen LogP contribution is -2.24. The zero-order valence-corrected chi connectivity index (χ0v) is 9.99. The average Bonchev–Trinajstić information content (AvgIpc) is 2.81. The van der Waals surface area contributed by atoms with Gasteiger partial charge in [0, 0.05) is 24.4 Å². The highest BCUT2D eigenvalue weighted by Gasteiger charge is 2.33. The zero-order chi connectivity index (χ0) is 12.6. The van der Waals surface area contributed by atoms with Crippen LogP contribution in [0.2, 0.25) is 0 Å². The van der Waals surface area contributed by atoms with Crippen LogP contribution in [0.3, 0.4) is 0 Å². The van der Waals surface area contributed by atoms with Gasteiger partial charge in [-0.05, 0) is 13.8 Å². The van der Waals surface area contributed by atoms with Gasteiger partial charge in [-0.15, -0.1) is 6.58 Å². The minimum absolute atomic E-state index is 0.0137. The molecule has 1 aromatic rings. The van der Waals surface area contributed by atoms with Crippen molar-refractivity contribution in [2.75, 3.05) is 11.4 Å². The van der Waals surface area contributed by atoms with Crippen LogP contribution in [0.25, 0.3) is 0 Å². The van der Waals surface area contributed by atoms with Gasteiger partial charge in [0.25, 0.3) is 0 Å². The van der Waals surface area contributed by atoms with Gasteiger partial charge in [0.15, 0.2) is 0 Å². The van der Waals surface area contributed by atoms with Crippen molar-refractivity contribution in [1.29, 1.82) is 5.26 Å². The lowest BCUT2D eigenvalue weighted by Gasteiger charge is -2.12. The van der Waals surface area contributed by atoms with E-state index in [0.717, 1.165) is 5.56 Å². The molecule has 0 N–H and O–H groups in total. The Bertz CT molecular complexity index is 522. The van der Waals surface area contributed by atoms with E-state index in [9.17, 15) is 4.79 Å². The molecule has 4 heteroatoms.